The van der Waals surface area contributed by atoms with Gasteiger partial charge in [-0.2, -0.15) is 4.58 Å². The maximum atomic E-state index is 4.82. The fourth-order valence-electron chi connectivity index (χ4n) is 3.97. The Morgan fingerprint density at radius 1 is 0.964 bits per heavy atom. The first kappa shape index (κ1) is 20.5. The number of hydrogen-bond donors (Lipinski definition) is 0. The van der Waals surface area contributed by atoms with E-state index in [1.807, 2.05) is 0 Å². The highest BCUT2D eigenvalue weighted by Crippen LogP contribution is 2.39. The maximum Gasteiger partial charge on any atom is 0.209 e. The Labute approximate surface area is 184 Å². The minimum atomic E-state index is -0.0146. The molecular formula is C24H26IN3. The van der Waals surface area contributed by atoms with Crippen LogP contribution < -0.4 is 28.9 Å². The van der Waals surface area contributed by atoms with Crippen LogP contribution in [0.3, 0.4) is 0 Å². The number of halogens is 1. The lowest BCUT2D eigenvalue weighted by Crippen LogP contribution is -3.00. The van der Waals surface area contributed by atoms with Crippen molar-refractivity contribution >= 4 is 34.1 Å². The molecule has 1 aliphatic heterocycles. The van der Waals surface area contributed by atoms with Crippen molar-refractivity contribution in [2.45, 2.75) is 19.3 Å². The smallest absolute Gasteiger partial charge is 0.209 e. The fraction of sp³-hybridized carbons (Fsp3) is 0.250. The van der Waals surface area contributed by atoms with Gasteiger partial charge in [0.25, 0.3) is 0 Å². The molecule has 3 aromatic rings. The summed E-state index contributed by atoms with van der Waals surface area (Å²) < 4.78 is 2.29. The first-order valence-corrected chi connectivity index (χ1v) is 9.35. The highest BCUT2D eigenvalue weighted by Gasteiger charge is 2.42. The van der Waals surface area contributed by atoms with Crippen LogP contribution in [0, 0.1) is 0 Å². The van der Waals surface area contributed by atoms with Gasteiger partial charge in [-0.15, -0.1) is 0 Å². The van der Waals surface area contributed by atoms with Crippen LogP contribution in [0.1, 0.15) is 25.1 Å². The van der Waals surface area contributed by atoms with E-state index < -0.39 is 0 Å². The third-order valence-corrected chi connectivity index (χ3v) is 5.56. The predicted octanol–water partition coefficient (Wildman–Crippen LogP) is 2.02. The first-order chi connectivity index (χ1) is 12.9. The van der Waals surface area contributed by atoms with E-state index in [0.29, 0.717) is 0 Å². The summed E-state index contributed by atoms with van der Waals surface area (Å²) in [4.78, 5) is 6.93. The number of fused-ring (bicyclic) bond motifs is 2. The van der Waals surface area contributed by atoms with Gasteiger partial charge in [0, 0.05) is 42.9 Å². The van der Waals surface area contributed by atoms with E-state index in [0.717, 1.165) is 16.6 Å². The number of nitrogens with zero attached hydrogens (tertiary/aromatic N) is 3. The molecule has 3 nitrogen and oxygen atoms in total. The number of anilines is 1. The minimum absolute atomic E-state index is 0. The van der Waals surface area contributed by atoms with Crippen molar-refractivity contribution in [1.82, 2.24) is 4.98 Å². The van der Waals surface area contributed by atoms with Gasteiger partial charge >= 0.3 is 0 Å². The molecule has 4 heteroatoms. The molecule has 0 bridgehead atoms. The van der Waals surface area contributed by atoms with Gasteiger partial charge in [-0.3, -0.25) is 0 Å². The van der Waals surface area contributed by atoms with Gasteiger partial charge in [0.05, 0.1) is 16.6 Å². The second-order valence-corrected chi connectivity index (χ2v) is 7.93. The van der Waals surface area contributed by atoms with Crippen molar-refractivity contribution in [2.24, 2.45) is 0 Å². The molecule has 2 aromatic carbocycles. The normalized spacial score (nSPS) is 15.0. The SMILES string of the molecule is CN(C)c1ccc2nc(C=CC3=[N+](C)c4ccccc4C3(C)C)ccc2c1.[I-]. The maximum absolute atomic E-state index is 4.82. The number of rotatable bonds is 3. The first-order valence-electron chi connectivity index (χ1n) is 9.35. The quantitative estimate of drug-likeness (QED) is 0.420. The summed E-state index contributed by atoms with van der Waals surface area (Å²) in [5, 5.41) is 1.16. The molecule has 0 amide bonds. The highest BCUT2D eigenvalue weighted by molar-refractivity contribution is 6.05. The Balaban J connectivity index is 0.00000225. The molecule has 28 heavy (non-hydrogen) atoms. The molecule has 0 aliphatic carbocycles. The van der Waals surface area contributed by atoms with Gasteiger partial charge in [-0.25, -0.2) is 4.98 Å². The van der Waals surface area contributed by atoms with Gasteiger partial charge < -0.3 is 28.9 Å². The van der Waals surface area contributed by atoms with Gasteiger partial charge in [0.15, 0.2) is 5.71 Å². The summed E-state index contributed by atoms with van der Waals surface area (Å²) in [5.74, 6) is 0. The van der Waals surface area contributed by atoms with Crippen LogP contribution in [-0.4, -0.2) is 36.4 Å². The average molecular weight is 483 g/mol. The molecule has 144 valence electrons. The average Bonchev–Trinajstić information content (AvgIpc) is 2.86. The van der Waals surface area contributed by atoms with Crippen molar-refractivity contribution in [2.75, 3.05) is 26.0 Å². The molecule has 2 heterocycles. The van der Waals surface area contributed by atoms with Crippen LogP contribution in [0.4, 0.5) is 11.4 Å². The Hall–Kier alpha value is -2.21. The van der Waals surface area contributed by atoms with E-state index in [1.165, 1.54) is 22.6 Å². The molecule has 0 saturated carbocycles. The zero-order chi connectivity index (χ0) is 19.2. The monoisotopic (exact) mass is 483 g/mol. The predicted molar refractivity (Wildman–Crippen MR) is 115 cm³/mol. The lowest BCUT2D eigenvalue weighted by atomic mass is 9.81. The van der Waals surface area contributed by atoms with E-state index in [2.05, 4.69) is 111 Å². The van der Waals surface area contributed by atoms with Gasteiger partial charge in [0.1, 0.15) is 7.05 Å². The van der Waals surface area contributed by atoms with Gasteiger partial charge in [-0.05, 0) is 44.2 Å². The molecule has 0 spiro atoms. The second kappa shape index (κ2) is 7.66. The minimum Gasteiger partial charge on any atom is -1.00 e. The number of benzene rings is 2. The van der Waals surface area contributed by atoms with E-state index >= 15 is 0 Å². The number of aromatic nitrogens is 1. The Bertz CT molecular complexity index is 1090. The van der Waals surface area contributed by atoms with Crippen molar-refractivity contribution in [3.63, 3.8) is 0 Å². The molecule has 0 atom stereocenters. The Morgan fingerprint density at radius 2 is 1.71 bits per heavy atom. The highest BCUT2D eigenvalue weighted by atomic mass is 127. The Kier molecular flexibility index (Phi) is 5.62. The largest absolute Gasteiger partial charge is 1.00 e. The molecule has 0 N–H and O–H groups in total. The van der Waals surface area contributed by atoms with Crippen LogP contribution in [0.25, 0.3) is 17.0 Å². The van der Waals surface area contributed by atoms with Crippen molar-refractivity contribution in [3.8, 4) is 0 Å². The standard InChI is InChI=1S/C24H26N3.HI/c1-24(2)20-8-6-7-9-22(20)27(5)23(24)15-12-18-11-10-17-16-19(26(3)4)13-14-21(17)25-18;/h6-16H,1-5H3;1H/q+1;/p-1. The third kappa shape index (κ3) is 3.46. The third-order valence-electron chi connectivity index (χ3n) is 5.56. The lowest BCUT2D eigenvalue weighted by molar-refractivity contribution is -0.401. The summed E-state index contributed by atoms with van der Waals surface area (Å²) in [6, 6.07) is 19.3. The molecule has 1 aromatic heterocycles. The van der Waals surface area contributed by atoms with Crippen LogP contribution >= 0.6 is 0 Å². The number of allylic oxidation sites excluding steroid dienone is 1. The van der Waals surface area contributed by atoms with Crippen LogP contribution in [0.5, 0.6) is 0 Å². The number of para-hydroxylation sites is 1. The zero-order valence-corrected chi connectivity index (χ0v) is 19.2. The van der Waals surface area contributed by atoms with Crippen LogP contribution in [0.2, 0.25) is 0 Å². The summed E-state index contributed by atoms with van der Waals surface area (Å²) in [6.07, 6.45) is 4.33. The van der Waals surface area contributed by atoms with E-state index in [4.69, 9.17) is 4.98 Å². The molecule has 0 unspecified atom stereocenters. The molecular weight excluding hydrogens is 457 g/mol. The number of pyridine rings is 1. The second-order valence-electron chi connectivity index (χ2n) is 7.93. The molecule has 0 fully saturated rings. The molecule has 1 aliphatic rings. The summed E-state index contributed by atoms with van der Waals surface area (Å²) in [5.41, 5.74) is 7.12. The van der Waals surface area contributed by atoms with Crippen LogP contribution in [0.15, 0.2) is 60.7 Å². The lowest BCUT2D eigenvalue weighted by Gasteiger charge is -2.15. The van der Waals surface area contributed by atoms with Crippen molar-refractivity contribution in [1.29, 1.82) is 0 Å². The Morgan fingerprint density at radius 3 is 2.43 bits per heavy atom. The van der Waals surface area contributed by atoms with Gasteiger partial charge in [-0.1, -0.05) is 24.3 Å². The van der Waals surface area contributed by atoms with E-state index in [-0.39, 0.29) is 29.4 Å². The van der Waals surface area contributed by atoms with Gasteiger partial charge in [0.2, 0.25) is 5.69 Å². The summed E-state index contributed by atoms with van der Waals surface area (Å²) in [6.45, 7) is 4.57. The summed E-state index contributed by atoms with van der Waals surface area (Å²) in [7, 11) is 6.26. The van der Waals surface area contributed by atoms with Crippen molar-refractivity contribution < 1.29 is 28.6 Å². The molecule has 0 saturated heterocycles. The topological polar surface area (TPSA) is 19.1 Å². The molecule has 0 radical (unpaired) electrons. The zero-order valence-electron chi connectivity index (χ0n) is 17.1. The fourth-order valence-corrected chi connectivity index (χ4v) is 3.97. The summed E-state index contributed by atoms with van der Waals surface area (Å²) >= 11 is 0. The van der Waals surface area contributed by atoms with E-state index in [9.17, 15) is 0 Å². The van der Waals surface area contributed by atoms with Crippen LogP contribution in [-0.2, 0) is 5.41 Å². The van der Waals surface area contributed by atoms with E-state index in [1.54, 1.807) is 0 Å². The molecule has 4 rings (SSSR count). The van der Waals surface area contributed by atoms with Crippen molar-refractivity contribution in [3.05, 3.63) is 71.9 Å². The number of hydrogen-bond acceptors (Lipinski definition) is 2.